The summed E-state index contributed by atoms with van der Waals surface area (Å²) in [4.78, 5) is 3.79. The van der Waals surface area contributed by atoms with Crippen LogP contribution in [0.5, 0.6) is 0 Å². The van der Waals surface area contributed by atoms with Gasteiger partial charge in [0.15, 0.2) is 0 Å². The van der Waals surface area contributed by atoms with Crippen LogP contribution in [0.3, 0.4) is 0 Å². The van der Waals surface area contributed by atoms with E-state index in [1.54, 1.807) is 24.3 Å². The third-order valence-electron chi connectivity index (χ3n) is 6.77. The van der Waals surface area contributed by atoms with Crippen LogP contribution in [-0.2, 0) is 10.0 Å². The van der Waals surface area contributed by atoms with Crippen LogP contribution in [0.2, 0.25) is 0 Å². The molecule has 2 heterocycles. The number of rotatable bonds is 3. The molecule has 1 unspecified atom stereocenters. The van der Waals surface area contributed by atoms with E-state index in [9.17, 15) is 12.8 Å². The van der Waals surface area contributed by atoms with Gasteiger partial charge in [0.25, 0.3) is 10.0 Å². The predicted molar refractivity (Wildman–Crippen MR) is 138 cm³/mol. The molecule has 4 aromatic carbocycles. The highest BCUT2D eigenvalue weighted by Crippen LogP contribution is 2.46. The first kappa shape index (κ1) is 21.6. The molecule has 0 amide bonds. The second-order valence-corrected chi connectivity index (χ2v) is 10.8. The van der Waals surface area contributed by atoms with E-state index in [2.05, 4.69) is 4.98 Å². The molecule has 1 aliphatic rings. The maximum absolute atomic E-state index is 14.0. The number of sulfonamides is 1. The number of aromatic amines is 1. The number of hydrogen-bond acceptors (Lipinski definition) is 2. The largest absolute Gasteiger partial charge is 0.354 e. The molecule has 0 fully saturated rings. The Morgan fingerprint density at radius 2 is 1.54 bits per heavy atom. The van der Waals surface area contributed by atoms with E-state index in [1.807, 2.05) is 67.6 Å². The van der Waals surface area contributed by atoms with E-state index >= 15 is 0 Å². The first-order chi connectivity index (χ1) is 16.9. The lowest BCUT2D eigenvalue weighted by Gasteiger charge is -2.28. The smallest absolute Gasteiger partial charge is 0.264 e. The van der Waals surface area contributed by atoms with Gasteiger partial charge >= 0.3 is 0 Å². The van der Waals surface area contributed by atoms with E-state index in [-0.39, 0.29) is 23.2 Å². The lowest BCUT2D eigenvalue weighted by Crippen LogP contribution is -2.34. The van der Waals surface area contributed by atoms with Crippen molar-refractivity contribution in [2.75, 3.05) is 10.8 Å². The van der Waals surface area contributed by atoms with Gasteiger partial charge in [-0.05, 0) is 54.4 Å². The minimum Gasteiger partial charge on any atom is -0.354 e. The highest BCUT2D eigenvalue weighted by atomic mass is 32.2. The monoisotopic (exact) mass is 482 g/mol. The van der Waals surface area contributed by atoms with Crippen molar-refractivity contribution in [1.82, 2.24) is 4.98 Å². The molecule has 1 aliphatic heterocycles. The molecule has 174 valence electrons. The summed E-state index contributed by atoms with van der Waals surface area (Å²) < 4.78 is 43.4. The molecule has 35 heavy (non-hydrogen) atoms. The van der Waals surface area contributed by atoms with Crippen molar-refractivity contribution in [2.24, 2.45) is 0 Å². The summed E-state index contributed by atoms with van der Waals surface area (Å²) in [5.74, 6) is -0.636. The van der Waals surface area contributed by atoms with Gasteiger partial charge in [-0.25, -0.2) is 12.8 Å². The quantitative estimate of drug-likeness (QED) is 0.314. The molecule has 1 atom stereocenters. The van der Waals surface area contributed by atoms with E-state index in [0.717, 1.165) is 38.9 Å². The number of nitrogens with one attached hydrogen (secondary N) is 1. The summed E-state index contributed by atoms with van der Waals surface area (Å²) in [6.07, 6.45) is 0. The Morgan fingerprint density at radius 3 is 2.31 bits per heavy atom. The Labute approximate surface area is 203 Å². The van der Waals surface area contributed by atoms with Gasteiger partial charge in [0.1, 0.15) is 5.82 Å². The second-order valence-electron chi connectivity index (χ2n) is 8.93. The summed E-state index contributed by atoms with van der Waals surface area (Å²) in [7, 11) is -3.87. The van der Waals surface area contributed by atoms with Crippen molar-refractivity contribution in [1.29, 1.82) is 0 Å². The Kier molecular flexibility index (Phi) is 5.00. The van der Waals surface area contributed by atoms with Crippen LogP contribution in [0.15, 0.2) is 102 Å². The van der Waals surface area contributed by atoms with Crippen LogP contribution in [0.1, 0.15) is 22.6 Å². The number of fused-ring (bicyclic) bond motifs is 5. The molecule has 0 spiro atoms. The standard InChI is InChI=1S/C29H23FN2O2S/c1-19-10-16-22(17-11-19)35(33,34)32-18-25(20-12-14-21(30)15-13-20)28-23-6-2-4-8-26(23)31-29(28)24-7-3-5-9-27(24)32/h2-17,25,31H,18H2,1H3. The molecule has 0 bridgehead atoms. The first-order valence-corrected chi connectivity index (χ1v) is 12.9. The van der Waals surface area contributed by atoms with E-state index in [0.29, 0.717) is 5.69 Å². The Morgan fingerprint density at radius 1 is 0.857 bits per heavy atom. The maximum Gasteiger partial charge on any atom is 0.264 e. The molecule has 5 aromatic rings. The van der Waals surface area contributed by atoms with Gasteiger partial charge < -0.3 is 4.98 Å². The lowest BCUT2D eigenvalue weighted by molar-refractivity contribution is 0.588. The number of nitrogens with zero attached hydrogens (tertiary/aromatic N) is 1. The topological polar surface area (TPSA) is 53.2 Å². The number of halogens is 1. The van der Waals surface area contributed by atoms with Crippen LogP contribution in [-0.4, -0.2) is 19.9 Å². The average Bonchev–Trinajstić information content (AvgIpc) is 3.18. The van der Waals surface area contributed by atoms with E-state index in [4.69, 9.17) is 0 Å². The third kappa shape index (κ3) is 3.53. The molecular formula is C29H23FN2O2S. The fourth-order valence-electron chi connectivity index (χ4n) is 5.03. The molecular weight excluding hydrogens is 459 g/mol. The Hall–Kier alpha value is -3.90. The Bertz CT molecular complexity index is 1660. The van der Waals surface area contributed by atoms with Crippen molar-refractivity contribution in [3.05, 3.63) is 120 Å². The van der Waals surface area contributed by atoms with Gasteiger partial charge in [-0.2, -0.15) is 0 Å². The summed E-state index contributed by atoms with van der Waals surface area (Å²) in [6, 6.07) is 28.9. The summed E-state index contributed by atoms with van der Waals surface area (Å²) in [6.45, 7) is 2.12. The molecule has 4 nitrogen and oxygen atoms in total. The van der Waals surface area contributed by atoms with Crippen molar-refractivity contribution < 1.29 is 12.8 Å². The zero-order valence-corrected chi connectivity index (χ0v) is 19.9. The van der Waals surface area contributed by atoms with Crippen molar-refractivity contribution in [3.63, 3.8) is 0 Å². The van der Waals surface area contributed by atoms with Crippen molar-refractivity contribution in [3.8, 4) is 11.3 Å². The highest BCUT2D eigenvalue weighted by molar-refractivity contribution is 7.92. The summed E-state index contributed by atoms with van der Waals surface area (Å²) >= 11 is 0. The minimum atomic E-state index is -3.87. The zero-order chi connectivity index (χ0) is 24.2. The summed E-state index contributed by atoms with van der Waals surface area (Å²) in [5.41, 5.74) is 6.16. The number of hydrogen-bond donors (Lipinski definition) is 1. The number of para-hydroxylation sites is 2. The molecule has 0 saturated heterocycles. The number of H-pyrrole nitrogens is 1. The van der Waals surface area contributed by atoms with Gasteiger partial charge in [0, 0.05) is 28.9 Å². The number of anilines is 1. The number of aromatic nitrogens is 1. The third-order valence-corrected chi connectivity index (χ3v) is 8.56. The lowest BCUT2D eigenvalue weighted by atomic mass is 9.88. The van der Waals surface area contributed by atoms with Crippen LogP contribution in [0, 0.1) is 12.7 Å². The molecule has 0 aliphatic carbocycles. The molecule has 0 radical (unpaired) electrons. The van der Waals surface area contributed by atoms with Gasteiger partial charge in [-0.15, -0.1) is 0 Å². The molecule has 6 rings (SSSR count). The molecule has 1 N–H and O–H groups in total. The highest BCUT2D eigenvalue weighted by Gasteiger charge is 2.36. The summed E-state index contributed by atoms with van der Waals surface area (Å²) in [5, 5.41) is 1.03. The SMILES string of the molecule is Cc1ccc(S(=O)(=O)N2CC(c3ccc(F)cc3)c3c([nH]c4ccccc34)-c3ccccc32)cc1. The predicted octanol–water partition coefficient (Wildman–Crippen LogP) is 6.62. The van der Waals surface area contributed by atoms with Crippen LogP contribution < -0.4 is 4.31 Å². The van der Waals surface area contributed by atoms with E-state index in [1.165, 1.54) is 16.4 Å². The van der Waals surface area contributed by atoms with Gasteiger partial charge in [0.05, 0.1) is 16.3 Å². The van der Waals surface area contributed by atoms with Crippen LogP contribution >= 0.6 is 0 Å². The minimum absolute atomic E-state index is 0.188. The van der Waals surface area contributed by atoms with Crippen molar-refractivity contribution >= 4 is 26.6 Å². The maximum atomic E-state index is 14.0. The van der Waals surface area contributed by atoms with Crippen molar-refractivity contribution in [2.45, 2.75) is 17.7 Å². The van der Waals surface area contributed by atoms with Gasteiger partial charge in [-0.1, -0.05) is 66.2 Å². The number of benzene rings is 4. The normalized spacial score (nSPS) is 15.5. The van der Waals surface area contributed by atoms with Crippen LogP contribution in [0.4, 0.5) is 10.1 Å². The zero-order valence-electron chi connectivity index (χ0n) is 19.1. The van der Waals surface area contributed by atoms with E-state index < -0.39 is 10.0 Å². The molecule has 1 aromatic heterocycles. The van der Waals surface area contributed by atoms with Gasteiger partial charge in [0.2, 0.25) is 0 Å². The molecule has 0 saturated carbocycles. The molecule has 6 heteroatoms. The fourth-order valence-corrected chi connectivity index (χ4v) is 6.53. The first-order valence-electron chi connectivity index (χ1n) is 11.5. The fraction of sp³-hybridized carbons (Fsp3) is 0.103. The second kappa shape index (κ2) is 8.10. The van der Waals surface area contributed by atoms with Gasteiger partial charge in [-0.3, -0.25) is 4.31 Å². The number of aryl methyl sites for hydroxylation is 1. The van der Waals surface area contributed by atoms with Crippen LogP contribution in [0.25, 0.3) is 22.2 Å². The Balaban J connectivity index is 1.64. The average molecular weight is 483 g/mol.